The van der Waals surface area contributed by atoms with E-state index < -0.39 is 63.9 Å². The van der Waals surface area contributed by atoms with E-state index in [0.717, 1.165) is 0 Å². The molecule has 4 fully saturated rings. The van der Waals surface area contributed by atoms with Crippen molar-refractivity contribution in [1.82, 2.24) is 0 Å². The third-order valence-electron chi connectivity index (χ3n) is 10.5. The van der Waals surface area contributed by atoms with Gasteiger partial charge in [-0.25, -0.2) is 14.4 Å². The van der Waals surface area contributed by atoms with Crippen molar-refractivity contribution in [2.45, 2.75) is 83.6 Å². The van der Waals surface area contributed by atoms with Gasteiger partial charge < -0.3 is 23.7 Å². The molecule has 9 heteroatoms. The number of fused-ring (bicyclic) bond motifs is 3. The Morgan fingerprint density at radius 2 is 1.69 bits per heavy atom. The van der Waals surface area contributed by atoms with Gasteiger partial charge in [-0.15, -0.1) is 0 Å². The van der Waals surface area contributed by atoms with Crippen molar-refractivity contribution in [2.24, 2.45) is 28.1 Å². The molecule has 0 N–H and O–H groups in total. The number of ketones is 1. The van der Waals surface area contributed by atoms with Gasteiger partial charge in [0.2, 0.25) is 6.29 Å². The standard InChI is InChI=1S/C27H32O9/c1-23(2)15-12-16(28)26(5)14(24(15,3)9-8-17(29)35-23)7-10-25(4)19(13-11-18(32-6)33-21(13)30)34-22(31)20-27(25,26)36-20/h8-9,11,14-15,18-20H,7,10,12H2,1-6H3/t14-,15+,18?,19+,20-,24-,25+,26+,27-/m1/s1. The lowest BCUT2D eigenvalue weighted by molar-refractivity contribution is -0.211. The number of epoxide rings is 1. The number of cyclic esters (lactones) is 3. The van der Waals surface area contributed by atoms with Gasteiger partial charge in [-0.3, -0.25) is 4.79 Å². The zero-order valence-corrected chi connectivity index (χ0v) is 21.4. The Kier molecular flexibility index (Phi) is 4.55. The first kappa shape index (κ1) is 23.9. The lowest BCUT2D eigenvalue weighted by Crippen LogP contribution is -2.72. The SMILES string of the molecule is COC1C=C([C@@H]2OC(=O)[C@H]3O[C@@]34[C@@]2(C)CC[C@@H]2[C@@]3(C)C=CC(=O)OC(C)(C)[C@@H]3CC(=O)[C@]24C)C(=O)O1. The number of carbonyl (C=O) groups excluding carboxylic acids is 4. The predicted octanol–water partition coefficient (Wildman–Crippen LogP) is 2.41. The third-order valence-corrected chi connectivity index (χ3v) is 10.5. The van der Waals surface area contributed by atoms with Crippen LogP contribution in [-0.2, 0) is 42.9 Å². The second kappa shape index (κ2) is 6.86. The molecule has 9 atom stereocenters. The van der Waals surface area contributed by atoms with E-state index in [2.05, 4.69) is 6.92 Å². The maximum atomic E-state index is 14.2. The summed E-state index contributed by atoms with van der Waals surface area (Å²) in [4.78, 5) is 52.6. The number of hydrogen-bond donors (Lipinski definition) is 0. The molecule has 0 aromatic rings. The van der Waals surface area contributed by atoms with Gasteiger partial charge in [0, 0.05) is 30.9 Å². The van der Waals surface area contributed by atoms with Crippen LogP contribution in [0.2, 0.25) is 0 Å². The van der Waals surface area contributed by atoms with E-state index in [1.54, 1.807) is 0 Å². The Morgan fingerprint density at radius 3 is 2.36 bits per heavy atom. The molecular weight excluding hydrogens is 468 g/mol. The van der Waals surface area contributed by atoms with Gasteiger partial charge in [-0.1, -0.05) is 19.9 Å². The summed E-state index contributed by atoms with van der Waals surface area (Å²) in [5, 5.41) is 0. The molecule has 9 nitrogen and oxygen atoms in total. The first-order valence-electron chi connectivity index (χ1n) is 12.6. The summed E-state index contributed by atoms with van der Waals surface area (Å²) in [7, 11) is 1.42. The van der Waals surface area contributed by atoms with Crippen LogP contribution >= 0.6 is 0 Å². The molecule has 36 heavy (non-hydrogen) atoms. The second-order valence-electron chi connectivity index (χ2n) is 12.3. The first-order valence-corrected chi connectivity index (χ1v) is 12.6. The van der Waals surface area contributed by atoms with Gasteiger partial charge in [0.15, 0.2) is 6.10 Å². The molecule has 0 amide bonds. The van der Waals surface area contributed by atoms with E-state index in [-0.39, 0.29) is 29.6 Å². The summed E-state index contributed by atoms with van der Waals surface area (Å²) in [6.07, 6.45) is 3.56. The zero-order chi connectivity index (χ0) is 26.1. The molecule has 194 valence electrons. The normalized spacial score (nSPS) is 50.4. The molecule has 4 heterocycles. The molecule has 0 aromatic heterocycles. The Labute approximate surface area is 209 Å². The summed E-state index contributed by atoms with van der Waals surface area (Å²) in [6, 6.07) is 0. The van der Waals surface area contributed by atoms with E-state index in [4.69, 9.17) is 23.7 Å². The quantitative estimate of drug-likeness (QED) is 0.320. The molecule has 1 unspecified atom stereocenters. The Morgan fingerprint density at radius 1 is 0.972 bits per heavy atom. The van der Waals surface area contributed by atoms with Crippen LogP contribution in [-0.4, -0.2) is 60.5 Å². The summed E-state index contributed by atoms with van der Waals surface area (Å²) < 4.78 is 28.3. The number of Topliss-reactive ketones (excluding diaryl/α,β-unsaturated/α-hetero) is 1. The average Bonchev–Trinajstić information content (AvgIpc) is 3.49. The van der Waals surface area contributed by atoms with E-state index in [1.165, 1.54) is 19.3 Å². The van der Waals surface area contributed by atoms with Crippen molar-refractivity contribution < 1.29 is 42.9 Å². The van der Waals surface area contributed by atoms with Crippen LogP contribution in [0.25, 0.3) is 0 Å². The van der Waals surface area contributed by atoms with Gasteiger partial charge in [-0.05, 0) is 51.0 Å². The minimum atomic E-state index is -1.14. The Balaban J connectivity index is 1.50. The predicted molar refractivity (Wildman–Crippen MR) is 122 cm³/mol. The number of carbonyl (C=O) groups is 4. The van der Waals surface area contributed by atoms with E-state index in [9.17, 15) is 19.2 Å². The Bertz CT molecular complexity index is 1170. The maximum Gasteiger partial charge on any atom is 0.340 e. The molecule has 4 aliphatic heterocycles. The molecule has 2 aliphatic carbocycles. The molecule has 6 aliphatic rings. The van der Waals surface area contributed by atoms with Crippen LogP contribution in [0.15, 0.2) is 23.8 Å². The van der Waals surface area contributed by atoms with Crippen LogP contribution in [0.1, 0.15) is 53.9 Å². The van der Waals surface area contributed by atoms with Gasteiger partial charge in [0.25, 0.3) is 0 Å². The summed E-state index contributed by atoms with van der Waals surface area (Å²) in [5.41, 5.74) is -4.24. The number of esters is 3. The highest BCUT2D eigenvalue weighted by atomic mass is 16.7. The highest BCUT2D eigenvalue weighted by Crippen LogP contribution is 2.77. The fraction of sp³-hybridized carbons (Fsp3) is 0.704. The summed E-state index contributed by atoms with van der Waals surface area (Å²) in [6.45, 7) is 9.65. The van der Waals surface area contributed by atoms with Crippen molar-refractivity contribution in [3.05, 3.63) is 23.8 Å². The largest absolute Gasteiger partial charge is 0.456 e. The number of allylic oxidation sites excluding steroid dienone is 1. The van der Waals surface area contributed by atoms with Gasteiger partial charge >= 0.3 is 17.9 Å². The second-order valence-corrected chi connectivity index (χ2v) is 12.3. The van der Waals surface area contributed by atoms with E-state index in [1.807, 2.05) is 33.8 Å². The third kappa shape index (κ3) is 2.53. The van der Waals surface area contributed by atoms with Gasteiger partial charge in [-0.2, -0.15) is 0 Å². The summed E-state index contributed by atoms with van der Waals surface area (Å²) in [5.74, 6) is -2.09. The van der Waals surface area contributed by atoms with Crippen molar-refractivity contribution in [3.63, 3.8) is 0 Å². The Hall–Kier alpha value is -2.52. The molecule has 0 aromatic carbocycles. The molecule has 2 saturated carbocycles. The van der Waals surface area contributed by atoms with E-state index in [0.29, 0.717) is 12.8 Å². The van der Waals surface area contributed by atoms with Gasteiger partial charge in [0.05, 0.1) is 11.0 Å². The number of rotatable bonds is 2. The molecular formula is C27H32O9. The van der Waals surface area contributed by atoms with Crippen LogP contribution in [0.5, 0.6) is 0 Å². The van der Waals surface area contributed by atoms with Crippen LogP contribution in [0, 0.1) is 28.1 Å². The van der Waals surface area contributed by atoms with Crippen LogP contribution in [0.4, 0.5) is 0 Å². The molecule has 1 spiro atoms. The minimum Gasteiger partial charge on any atom is -0.456 e. The van der Waals surface area contributed by atoms with Crippen molar-refractivity contribution in [2.75, 3.05) is 7.11 Å². The monoisotopic (exact) mass is 500 g/mol. The summed E-state index contributed by atoms with van der Waals surface area (Å²) >= 11 is 0. The fourth-order valence-electron chi connectivity index (χ4n) is 8.77. The first-order chi connectivity index (χ1) is 16.8. The lowest BCUT2D eigenvalue weighted by atomic mass is 9.37. The molecule has 6 rings (SSSR count). The number of hydrogen-bond acceptors (Lipinski definition) is 9. The molecule has 2 saturated heterocycles. The van der Waals surface area contributed by atoms with Crippen molar-refractivity contribution in [1.29, 1.82) is 0 Å². The van der Waals surface area contributed by atoms with Crippen molar-refractivity contribution >= 4 is 23.7 Å². The van der Waals surface area contributed by atoms with Gasteiger partial charge in [0.1, 0.15) is 23.1 Å². The highest BCUT2D eigenvalue weighted by Gasteiger charge is 2.88. The number of methoxy groups -OCH3 is 1. The average molecular weight is 501 g/mol. The minimum absolute atomic E-state index is 0.0194. The lowest BCUT2D eigenvalue weighted by Gasteiger charge is -2.64. The van der Waals surface area contributed by atoms with Crippen LogP contribution in [0.3, 0.4) is 0 Å². The zero-order valence-electron chi connectivity index (χ0n) is 21.4. The van der Waals surface area contributed by atoms with Crippen LogP contribution < -0.4 is 0 Å². The van der Waals surface area contributed by atoms with E-state index >= 15 is 0 Å². The smallest absolute Gasteiger partial charge is 0.340 e. The topological polar surface area (TPSA) is 118 Å². The highest BCUT2D eigenvalue weighted by molar-refractivity contribution is 5.96. The fourth-order valence-corrected chi connectivity index (χ4v) is 8.77. The maximum absolute atomic E-state index is 14.2. The molecule has 0 bridgehead atoms. The van der Waals surface area contributed by atoms with Crippen molar-refractivity contribution in [3.8, 4) is 0 Å². The number of ether oxygens (including phenoxy) is 5. The molecule has 0 radical (unpaired) electrons.